The maximum atomic E-state index is 14.1. The number of hydrogen-bond donors (Lipinski definition) is 2. The van der Waals surface area contributed by atoms with Crippen molar-refractivity contribution in [2.24, 2.45) is 0 Å². The van der Waals surface area contributed by atoms with Gasteiger partial charge in [0.15, 0.2) is 5.82 Å². The molecule has 1 amide bonds. The number of halogens is 2. The Labute approximate surface area is 154 Å². The number of nitrogens with one attached hydrogen (secondary N) is 1. The molecule has 26 heavy (non-hydrogen) atoms. The first-order valence-electron chi connectivity index (χ1n) is 7.61. The molecule has 0 bridgehead atoms. The Bertz CT molecular complexity index is 1050. The normalized spacial score (nSPS) is 10.3. The van der Waals surface area contributed by atoms with Crippen molar-refractivity contribution in [1.29, 1.82) is 0 Å². The van der Waals surface area contributed by atoms with Crippen molar-refractivity contribution in [1.82, 2.24) is 10.3 Å². The first-order valence-corrected chi connectivity index (χ1v) is 7.99. The predicted molar refractivity (Wildman–Crippen MR) is 98.2 cm³/mol. The molecule has 1 aromatic heterocycles. The third-order valence-electron chi connectivity index (χ3n) is 3.74. The Morgan fingerprint density at radius 3 is 2.73 bits per heavy atom. The van der Waals surface area contributed by atoms with E-state index in [1.54, 1.807) is 24.3 Å². The number of fused-ring (bicyclic) bond motifs is 1. The lowest BCUT2D eigenvalue weighted by Gasteiger charge is -2.09. The third-order valence-corrected chi connectivity index (χ3v) is 3.99. The van der Waals surface area contributed by atoms with Crippen LogP contribution in [-0.4, -0.2) is 16.0 Å². The van der Waals surface area contributed by atoms with Gasteiger partial charge >= 0.3 is 0 Å². The fourth-order valence-electron chi connectivity index (χ4n) is 2.47. The molecule has 1 heterocycles. The van der Waals surface area contributed by atoms with Gasteiger partial charge in [0, 0.05) is 35.6 Å². The first kappa shape index (κ1) is 17.7. The van der Waals surface area contributed by atoms with Crippen LogP contribution in [0.3, 0.4) is 0 Å². The number of nitrogens with zero attached hydrogens (tertiary/aromatic N) is 1. The molecule has 4 nitrogen and oxygen atoms in total. The molecule has 0 fully saturated rings. The monoisotopic (exact) mass is 367 g/mol. The summed E-state index contributed by atoms with van der Waals surface area (Å²) in [6.45, 7) is 3.63. The van der Waals surface area contributed by atoms with Gasteiger partial charge in [-0.05, 0) is 29.8 Å². The van der Waals surface area contributed by atoms with Crippen LogP contribution < -0.4 is 5.32 Å². The van der Waals surface area contributed by atoms with Crippen LogP contribution in [-0.2, 0) is 6.54 Å². The van der Waals surface area contributed by atoms with Gasteiger partial charge in [0.1, 0.15) is 16.8 Å². The molecule has 0 unspecified atom stereocenters. The number of pyridine rings is 1. The number of rotatable bonds is 3. The highest BCUT2D eigenvalue weighted by molar-refractivity contribution is 6.30. The van der Waals surface area contributed by atoms with Gasteiger partial charge in [0.25, 0.3) is 5.91 Å². The van der Waals surface area contributed by atoms with E-state index >= 15 is 0 Å². The molecule has 6 heteroatoms. The Morgan fingerprint density at radius 2 is 2.04 bits per heavy atom. The van der Waals surface area contributed by atoms with Crippen LogP contribution in [0.15, 0.2) is 42.6 Å². The number of hydrogen-bond acceptors (Lipinski definition) is 3. The minimum Gasteiger partial charge on any atom is -0.506 e. The molecule has 2 N–H and O–H groups in total. The van der Waals surface area contributed by atoms with E-state index in [0.29, 0.717) is 10.6 Å². The fraction of sp³-hybridized carbons (Fsp3) is 0.0500. The molecule has 1 radical (unpaired) electrons. The van der Waals surface area contributed by atoms with E-state index in [9.17, 15) is 14.3 Å². The zero-order valence-electron chi connectivity index (χ0n) is 13.5. The van der Waals surface area contributed by atoms with Crippen molar-refractivity contribution >= 4 is 28.4 Å². The number of benzene rings is 2. The number of carbonyl (C=O) groups excluding carboxylic acids is 1. The molecular formula is C20H13ClFN2O2. The summed E-state index contributed by atoms with van der Waals surface area (Å²) in [4.78, 5) is 16.3. The molecule has 0 aliphatic carbocycles. The summed E-state index contributed by atoms with van der Waals surface area (Å²) in [7, 11) is 0. The first-order chi connectivity index (χ1) is 12.5. The second-order valence-electron chi connectivity index (χ2n) is 5.49. The fourth-order valence-corrected chi connectivity index (χ4v) is 2.59. The highest BCUT2D eigenvalue weighted by Crippen LogP contribution is 2.29. The predicted octanol–water partition coefficient (Wildman–Crippen LogP) is 3.85. The Kier molecular flexibility index (Phi) is 5.06. The summed E-state index contributed by atoms with van der Waals surface area (Å²) in [5.74, 6) is 3.52. The Hall–Kier alpha value is -3.10. The van der Waals surface area contributed by atoms with Crippen molar-refractivity contribution in [3.63, 3.8) is 0 Å². The van der Waals surface area contributed by atoms with Crippen LogP contribution in [0.25, 0.3) is 10.9 Å². The lowest BCUT2D eigenvalue weighted by atomic mass is 10.1. The average molecular weight is 368 g/mol. The minimum atomic E-state index is -0.635. The summed E-state index contributed by atoms with van der Waals surface area (Å²) < 4.78 is 14.1. The van der Waals surface area contributed by atoms with E-state index in [-0.39, 0.29) is 28.8 Å². The van der Waals surface area contributed by atoms with Gasteiger partial charge in [0.2, 0.25) is 0 Å². The molecular weight excluding hydrogens is 355 g/mol. The topological polar surface area (TPSA) is 62.2 Å². The molecule has 0 aliphatic heterocycles. The van der Waals surface area contributed by atoms with E-state index in [0.717, 1.165) is 11.8 Å². The van der Waals surface area contributed by atoms with Crippen LogP contribution in [0.1, 0.15) is 21.5 Å². The van der Waals surface area contributed by atoms with Gasteiger partial charge < -0.3 is 10.4 Å². The number of carbonyl (C=O) groups is 1. The smallest absolute Gasteiger partial charge is 0.256 e. The second-order valence-corrected chi connectivity index (χ2v) is 5.92. The summed E-state index contributed by atoms with van der Waals surface area (Å²) in [5, 5.41) is 13.8. The maximum Gasteiger partial charge on any atom is 0.256 e. The largest absolute Gasteiger partial charge is 0.506 e. The van der Waals surface area contributed by atoms with Gasteiger partial charge in [0.05, 0.1) is 0 Å². The van der Waals surface area contributed by atoms with E-state index in [2.05, 4.69) is 29.1 Å². The standard InChI is InChI=1S/C20H13ClFN2O2/c1-2-3-13-8-15-18(17(22)9-13)23-11-16(19(15)25)20(26)24-10-12-4-6-14(21)7-5-12/h4-9,11H,1,10H2,(H,23,25)(H,24,26). The van der Waals surface area contributed by atoms with Crippen LogP contribution in [0.2, 0.25) is 5.02 Å². The van der Waals surface area contributed by atoms with Gasteiger partial charge in [-0.3, -0.25) is 9.78 Å². The summed E-state index contributed by atoms with van der Waals surface area (Å²) >= 11 is 5.82. The van der Waals surface area contributed by atoms with Crippen LogP contribution in [0.5, 0.6) is 5.75 Å². The number of aromatic hydroxyl groups is 1. The van der Waals surface area contributed by atoms with Crippen LogP contribution >= 0.6 is 11.6 Å². The molecule has 0 spiro atoms. The van der Waals surface area contributed by atoms with Crippen molar-refractivity contribution in [3.05, 3.63) is 77.0 Å². The molecule has 2 aromatic carbocycles. The summed E-state index contributed by atoms with van der Waals surface area (Å²) in [6.07, 6.45) is 1.14. The van der Waals surface area contributed by atoms with Gasteiger partial charge in [-0.15, -0.1) is 0 Å². The molecule has 0 aliphatic rings. The molecule has 0 saturated heterocycles. The van der Waals surface area contributed by atoms with E-state index in [4.69, 9.17) is 11.6 Å². The molecule has 129 valence electrons. The Morgan fingerprint density at radius 1 is 1.31 bits per heavy atom. The molecule has 3 rings (SSSR count). The lowest BCUT2D eigenvalue weighted by molar-refractivity contribution is 0.0948. The maximum absolute atomic E-state index is 14.1. The van der Waals surface area contributed by atoms with Crippen LogP contribution in [0.4, 0.5) is 4.39 Å². The SMILES string of the molecule is [CH2]C#Cc1cc(F)c2ncc(C(=O)NCc3ccc(Cl)cc3)c(O)c2c1. The third kappa shape index (κ3) is 3.61. The lowest BCUT2D eigenvalue weighted by Crippen LogP contribution is -2.23. The molecule has 0 atom stereocenters. The number of aromatic nitrogens is 1. The summed E-state index contributed by atoms with van der Waals surface area (Å²) in [5.41, 5.74) is 1.09. The van der Waals surface area contributed by atoms with E-state index in [1.165, 1.54) is 12.1 Å². The Balaban J connectivity index is 1.91. The van der Waals surface area contributed by atoms with E-state index in [1.807, 2.05) is 0 Å². The average Bonchev–Trinajstić information content (AvgIpc) is 2.62. The quantitative estimate of drug-likeness (QED) is 0.691. The van der Waals surface area contributed by atoms with E-state index < -0.39 is 11.7 Å². The van der Waals surface area contributed by atoms with Crippen molar-refractivity contribution in [2.75, 3.05) is 0 Å². The zero-order valence-corrected chi connectivity index (χ0v) is 14.3. The van der Waals surface area contributed by atoms with Gasteiger partial charge in [-0.2, -0.15) is 0 Å². The van der Waals surface area contributed by atoms with Crippen molar-refractivity contribution in [3.8, 4) is 17.6 Å². The van der Waals surface area contributed by atoms with Gasteiger partial charge in [-0.25, -0.2) is 4.39 Å². The number of amides is 1. The zero-order chi connectivity index (χ0) is 18.7. The minimum absolute atomic E-state index is 0.0358. The summed E-state index contributed by atoms with van der Waals surface area (Å²) in [6, 6.07) is 9.65. The highest BCUT2D eigenvalue weighted by atomic mass is 35.5. The highest BCUT2D eigenvalue weighted by Gasteiger charge is 2.17. The van der Waals surface area contributed by atoms with Crippen molar-refractivity contribution < 1.29 is 14.3 Å². The molecule has 3 aromatic rings. The second kappa shape index (κ2) is 7.42. The van der Waals surface area contributed by atoms with Gasteiger partial charge in [-0.1, -0.05) is 35.6 Å². The van der Waals surface area contributed by atoms with Crippen LogP contribution in [0, 0.1) is 24.6 Å². The van der Waals surface area contributed by atoms with Crippen molar-refractivity contribution in [2.45, 2.75) is 6.54 Å². The molecule has 0 saturated carbocycles.